The van der Waals surface area contributed by atoms with Crippen molar-refractivity contribution in [1.29, 1.82) is 0 Å². The van der Waals surface area contributed by atoms with E-state index in [0.29, 0.717) is 5.92 Å². The Morgan fingerprint density at radius 2 is 1.86 bits per heavy atom. The van der Waals surface area contributed by atoms with Crippen molar-refractivity contribution in [2.45, 2.75) is 53.1 Å². The second-order valence-electron chi connectivity index (χ2n) is 6.13. The topological polar surface area (TPSA) is 33.1 Å². The second-order valence-corrected chi connectivity index (χ2v) is 6.91. The third kappa shape index (κ3) is 3.16. The number of pyridine rings is 1. The lowest BCUT2D eigenvalue weighted by Crippen LogP contribution is -2.10. The standard InChI is InChI=1S/C19H25NOS/c1-6-7-15-17(14-8-9-22-11-14)16(10-21)19(13(4)5)20-18(15)12(2)3/h6-9,11-13,21H,10H2,1-5H3/b7-6+. The Balaban J connectivity index is 2.91. The van der Waals surface area contributed by atoms with Crippen molar-refractivity contribution in [1.82, 2.24) is 4.98 Å². The maximum absolute atomic E-state index is 10.0. The van der Waals surface area contributed by atoms with Gasteiger partial charge in [0.1, 0.15) is 0 Å². The molecule has 0 aliphatic rings. The lowest BCUT2D eigenvalue weighted by atomic mass is 9.88. The highest BCUT2D eigenvalue weighted by molar-refractivity contribution is 7.08. The van der Waals surface area contributed by atoms with E-state index >= 15 is 0 Å². The molecule has 0 spiro atoms. The molecule has 2 heterocycles. The number of allylic oxidation sites excluding steroid dienone is 1. The van der Waals surface area contributed by atoms with Gasteiger partial charge >= 0.3 is 0 Å². The zero-order valence-corrected chi connectivity index (χ0v) is 14.9. The summed E-state index contributed by atoms with van der Waals surface area (Å²) in [4.78, 5) is 4.92. The summed E-state index contributed by atoms with van der Waals surface area (Å²) in [5.74, 6) is 0.630. The molecule has 2 nitrogen and oxygen atoms in total. The number of aliphatic hydroxyl groups excluding tert-OH is 1. The van der Waals surface area contributed by atoms with Gasteiger partial charge in [-0.25, -0.2) is 0 Å². The molecule has 2 aromatic rings. The average molecular weight is 315 g/mol. The number of hydrogen-bond donors (Lipinski definition) is 1. The number of nitrogens with zero attached hydrogens (tertiary/aromatic N) is 1. The van der Waals surface area contributed by atoms with Crippen molar-refractivity contribution < 1.29 is 5.11 Å². The molecule has 0 aromatic carbocycles. The van der Waals surface area contributed by atoms with Crippen molar-refractivity contribution in [3.05, 3.63) is 45.4 Å². The van der Waals surface area contributed by atoms with E-state index in [1.165, 1.54) is 5.56 Å². The van der Waals surface area contributed by atoms with Crippen molar-refractivity contribution in [3.63, 3.8) is 0 Å². The van der Waals surface area contributed by atoms with E-state index in [0.717, 1.165) is 28.1 Å². The molecular weight excluding hydrogens is 290 g/mol. The molecule has 0 fully saturated rings. The van der Waals surface area contributed by atoms with Gasteiger partial charge in [-0.3, -0.25) is 4.98 Å². The molecule has 22 heavy (non-hydrogen) atoms. The smallest absolute Gasteiger partial charge is 0.0706 e. The van der Waals surface area contributed by atoms with Gasteiger partial charge in [-0.15, -0.1) is 0 Å². The minimum Gasteiger partial charge on any atom is -0.392 e. The van der Waals surface area contributed by atoms with Gasteiger partial charge in [0.05, 0.1) is 12.3 Å². The van der Waals surface area contributed by atoms with Gasteiger partial charge in [0.15, 0.2) is 0 Å². The number of rotatable bonds is 5. The highest BCUT2D eigenvalue weighted by Gasteiger charge is 2.22. The maximum Gasteiger partial charge on any atom is 0.0706 e. The zero-order valence-electron chi connectivity index (χ0n) is 14.1. The fraction of sp³-hybridized carbons (Fsp3) is 0.421. The SMILES string of the molecule is C/C=C/c1c(C(C)C)nc(C(C)C)c(CO)c1-c1ccsc1. The minimum atomic E-state index is 0.0224. The molecule has 2 aromatic heterocycles. The number of aromatic nitrogens is 1. The molecule has 0 saturated heterocycles. The first-order valence-corrected chi connectivity index (χ1v) is 8.78. The van der Waals surface area contributed by atoms with Gasteiger partial charge in [-0.1, -0.05) is 39.8 Å². The predicted octanol–water partition coefficient (Wildman–Crippen LogP) is 5.58. The van der Waals surface area contributed by atoms with Crippen LogP contribution in [0.15, 0.2) is 22.9 Å². The van der Waals surface area contributed by atoms with E-state index in [9.17, 15) is 5.11 Å². The lowest BCUT2D eigenvalue weighted by molar-refractivity contribution is 0.280. The van der Waals surface area contributed by atoms with E-state index in [1.807, 2.05) is 6.92 Å². The van der Waals surface area contributed by atoms with Crippen LogP contribution in [0.5, 0.6) is 0 Å². The highest BCUT2D eigenvalue weighted by Crippen LogP contribution is 2.38. The van der Waals surface area contributed by atoms with Crippen LogP contribution in [0.3, 0.4) is 0 Å². The summed E-state index contributed by atoms with van der Waals surface area (Å²) in [7, 11) is 0. The zero-order chi connectivity index (χ0) is 16.3. The Kier molecular flexibility index (Phi) is 5.54. The summed E-state index contributed by atoms with van der Waals surface area (Å²) in [6.07, 6.45) is 4.17. The molecule has 0 aliphatic carbocycles. The number of thiophene rings is 1. The Labute approximate surface area is 137 Å². The molecule has 0 radical (unpaired) electrons. The van der Waals surface area contributed by atoms with Crippen molar-refractivity contribution in [3.8, 4) is 11.1 Å². The van der Waals surface area contributed by atoms with Crippen LogP contribution in [0.2, 0.25) is 0 Å². The van der Waals surface area contributed by atoms with Crippen LogP contribution < -0.4 is 0 Å². The van der Waals surface area contributed by atoms with Crippen LogP contribution >= 0.6 is 11.3 Å². The molecule has 118 valence electrons. The van der Waals surface area contributed by atoms with Gasteiger partial charge in [-0.05, 0) is 46.7 Å². The van der Waals surface area contributed by atoms with E-state index in [4.69, 9.17) is 4.98 Å². The van der Waals surface area contributed by atoms with Crippen LogP contribution in [-0.4, -0.2) is 10.1 Å². The molecule has 0 atom stereocenters. The quantitative estimate of drug-likeness (QED) is 0.781. The lowest BCUT2D eigenvalue weighted by Gasteiger charge is -2.22. The average Bonchev–Trinajstić information content (AvgIpc) is 2.99. The molecule has 0 unspecified atom stereocenters. The first kappa shape index (κ1) is 16.9. The van der Waals surface area contributed by atoms with Crippen molar-refractivity contribution in [2.24, 2.45) is 0 Å². The van der Waals surface area contributed by atoms with Gasteiger partial charge in [0, 0.05) is 16.8 Å². The van der Waals surface area contributed by atoms with E-state index in [1.54, 1.807) is 11.3 Å². The largest absolute Gasteiger partial charge is 0.392 e. The van der Waals surface area contributed by atoms with Crippen LogP contribution in [-0.2, 0) is 6.61 Å². The Morgan fingerprint density at radius 3 is 2.32 bits per heavy atom. The summed E-state index contributed by atoms with van der Waals surface area (Å²) in [5, 5.41) is 14.2. The first-order chi connectivity index (χ1) is 10.5. The monoisotopic (exact) mass is 315 g/mol. The Morgan fingerprint density at radius 1 is 1.18 bits per heavy atom. The number of hydrogen-bond acceptors (Lipinski definition) is 3. The van der Waals surface area contributed by atoms with Gasteiger partial charge < -0.3 is 5.11 Å². The third-order valence-electron chi connectivity index (χ3n) is 3.79. The van der Waals surface area contributed by atoms with Gasteiger partial charge in [0.2, 0.25) is 0 Å². The molecule has 0 saturated carbocycles. The van der Waals surface area contributed by atoms with Crippen LogP contribution in [0.1, 0.15) is 69.0 Å². The predicted molar refractivity (Wildman–Crippen MR) is 96.4 cm³/mol. The molecule has 0 amide bonds. The third-order valence-corrected chi connectivity index (χ3v) is 4.48. The minimum absolute atomic E-state index is 0.0224. The van der Waals surface area contributed by atoms with Gasteiger partial charge in [-0.2, -0.15) is 11.3 Å². The summed E-state index contributed by atoms with van der Waals surface area (Å²) in [6.45, 7) is 10.7. The maximum atomic E-state index is 10.0. The Hall–Kier alpha value is -1.45. The summed E-state index contributed by atoms with van der Waals surface area (Å²) in [5.41, 5.74) is 6.55. The fourth-order valence-electron chi connectivity index (χ4n) is 2.83. The normalized spacial score (nSPS) is 12.0. The van der Waals surface area contributed by atoms with E-state index < -0.39 is 0 Å². The van der Waals surface area contributed by atoms with Crippen LogP contribution in [0.25, 0.3) is 17.2 Å². The summed E-state index contributed by atoms with van der Waals surface area (Å²) in [6, 6.07) is 2.13. The molecule has 0 bridgehead atoms. The van der Waals surface area contributed by atoms with Crippen LogP contribution in [0, 0.1) is 0 Å². The number of aliphatic hydroxyl groups is 1. The summed E-state index contributed by atoms with van der Waals surface area (Å²) < 4.78 is 0. The molecule has 3 heteroatoms. The molecule has 0 aliphatic heterocycles. The molecule has 2 rings (SSSR count). The van der Waals surface area contributed by atoms with Gasteiger partial charge in [0.25, 0.3) is 0 Å². The first-order valence-electron chi connectivity index (χ1n) is 7.84. The summed E-state index contributed by atoms with van der Waals surface area (Å²) >= 11 is 1.68. The fourth-order valence-corrected chi connectivity index (χ4v) is 3.47. The van der Waals surface area contributed by atoms with Crippen molar-refractivity contribution >= 4 is 17.4 Å². The Bertz CT molecular complexity index is 655. The van der Waals surface area contributed by atoms with E-state index in [2.05, 4.69) is 56.7 Å². The van der Waals surface area contributed by atoms with E-state index in [-0.39, 0.29) is 12.5 Å². The molecule has 1 N–H and O–H groups in total. The van der Waals surface area contributed by atoms with Crippen LogP contribution in [0.4, 0.5) is 0 Å². The highest BCUT2D eigenvalue weighted by atomic mass is 32.1. The second kappa shape index (κ2) is 7.21. The molecular formula is C19H25NOS. The van der Waals surface area contributed by atoms with Crippen molar-refractivity contribution in [2.75, 3.05) is 0 Å².